The van der Waals surface area contributed by atoms with Gasteiger partial charge in [-0.2, -0.15) is 0 Å². The van der Waals surface area contributed by atoms with Crippen molar-refractivity contribution < 1.29 is 31.1 Å². The van der Waals surface area contributed by atoms with E-state index in [-0.39, 0.29) is 31.1 Å². The molecule has 2 saturated carbocycles. The predicted molar refractivity (Wildman–Crippen MR) is 124 cm³/mol. The Hall–Kier alpha value is 0.792. The van der Waals surface area contributed by atoms with Crippen LogP contribution in [0.15, 0.2) is 11.6 Å². The van der Waals surface area contributed by atoms with Gasteiger partial charge in [-0.25, -0.2) is 0 Å². The van der Waals surface area contributed by atoms with Crippen LogP contribution >= 0.6 is 0 Å². The van der Waals surface area contributed by atoms with Gasteiger partial charge in [0.25, 0.3) is 0 Å². The maximum Gasteiger partial charge on any atom is 0 e. The number of rotatable bonds is 1. The molecule has 0 radical (unpaired) electrons. The summed E-state index contributed by atoms with van der Waals surface area (Å²) in [6.07, 6.45) is 14.3. The molecule has 0 spiro atoms. The van der Waals surface area contributed by atoms with Crippen molar-refractivity contribution in [3.63, 3.8) is 0 Å². The van der Waals surface area contributed by atoms with E-state index in [0.29, 0.717) is 5.41 Å². The molecule has 5 unspecified atom stereocenters. The minimum absolute atomic E-state index is 0. The molecule has 3 rings (SSSR count). The van der Waals surface area contributed by atoms with Gasteiger partial charge in [-0.3, -0.25) is 0 Å². The summed E-state index contributed by atoms with van der Waals surface area (Å²) in [5.41, 5.74) is 2.52. The van der Waals surface area contributed by atoms with Gasteiger partial charge in [0, 0.05) is 31.1 Å². The van der Waals surface area contributed by atoms with Gasteiger partial charge in [-0.15, -0.1) is 0 Å². The van der Waals surface area contributed by atoms with Crippen LogP contribution in [0.4, 0.5) is 0 Å². The Kier molecular flexibility index (Phi) is 22.6. The number of hydrogen-bond donors (Lipinski definition) is 0. The smallest absolute Gasteiger partial charge is 0 e. The molecular formula is C26H54U. The number of hydrogen-bond acceptors (Lipinski definition) is 0. The van der Waals surface area contributed by atoms with E-state index in [4.69, 9.17) is 0 Å². The van der Waals surface area contributed by atoms with Crippen LogP contribution in [0, 0.1) is 60.2 Å². The molecule has 0 saturated heterocycles. The Morgan fingerprint density at radius 1 is 0.926 bits per heavy atom. The molecule has 0 bridgehead atoms. The van der Waals surface area contributed by atoms with E-state index in [0.717, 1.165) is 23.7 Å². The normalized spacial score (nSPS) is 32.9. The summed E-state index contributed by atoms with van der Waals surface area (Å²) < 4.78 is 0. The van der Waals surface area contributed by atoms with Gasteiger partial charge in [0.15, 0.2) is 0 Å². The summed E-state index contributed by atoms with van der Waals surface area (Å²) >= 11 is 0. The molecule has 27 heavy (non-hydrogen) atoms. The topological polar surface area (TPSA) is 0 Å². The number of fused-ring (bicyclic) bond motifs is 3. The van der Waals surface area contributed by atoms with E-state index >= 15 is 0 Å². The monoisotopic (exact) mass is 604 g/mol. The van der Waals surface area contributed by atoms with Crippen molar-refractivity contribution in [2.45, 2.75) is 128 Å². The second kappa shape index (κ2) is 18.8. The van der Waals surface area contributed by atoms with Crippen LogP contribution in [0.3, 0.4) is 0 Å². The third kappa shape index (κ3) is 8.59. The fourth-order valence-electron chi connectivity index (χ4n) is 5.55. The SMILES string of the molecule is CC.CC.CC.CC.CCC1CCC2C(=CCC3C(C)CCCC23C)C1.[U]. The van der Waals surface area contributed by atoms with Crippen LogP contribution in [0.5, 0.6) is 0 Å². The molecule has 0 aromatic heterocycles. The van der Waals surface area contributed by atoms with Gasteiger partial charge < -0.3 is 0 Å². The summed E-state index contributed by atoms with van der Waals surface area (Å²) in [4.78, 5) is 0. The molecule has 0 aliphatic heterocycles. The van der Waals surface area contributed by atoms with Gasteiger partial charge in [-0.1, -0.05) is 107 Å². The molecule has 162 valence electrons. The largest absolute Gasteiger partial charge is 0.0847 e. The Bertz CT molecular complexity index is 346. The Balaban J connectivity index is -0.000000572. The second-order valence-electron chi connectivity index (χ2n) is 7.60. The zero-order valence-electron chi connectivity index (χ0n) is 21.0. The van der Waals surface area contributed by atoms with Crippen LogP contribution in [-0.2, 0) is 0 Å². The second-order valence-corrected chi connectivity index (χ2v) is 7.60. The average Bonchev–Trinajstić information content (AvgIpc) is 2.73. The summed E-state index contributed by atoms with van der Waals surface area (Å²) in [7, 11) is 0. The van der Waals surface area contributed by atoms with Gasteiger partial charge >= 0.3 is 0 Å². The molecule has 3 aliphatic rings. The van der Waals surface area contributed by atoms with Crippen LogP contribution in [0.2, 0.25) is 0 Å². The first-order valence-corrected chi connectivity index (χ1v) is 12.3. The van der Waals surface area contributed by atoms with E-state index in [2.05, 4.69) is 26.8 Å². The molecule has 0 aromatic rings. The van der Waals surface area contributed by atoms with Crippen molar-refractivity contribution in [2.24, 2.45) is 29.1 Å². The van der Waals surface area contributed by atoms with Crippen molar-refractivity contribution in [2.75, 3.05) is 0 Å². The van der Waals surface area contributed by atoms with E-state index in [9.17, 15) is 0 Å². The first-order chi connectivity index (χ1) is 12.6. The first-order valence-electron chi connectivity index (χ1n) is 12.3. The van der Waals surface area contributed by atoms with Crippen molar-refractivity contribution in [3.05, 3.63) is 11.6 Å². The average molecular weight is 605 g/mol. The van der Waals surface area contributed by atoms with Gasteiger partial charge in [0.1, 0.15) is 0 Å². The maximum absolute atomic E-state index is 2.67. The molecule has 0 heterocycles. The Morgan fingerprint density at radius 3 is 2.00 bits per heavy atom. The minimum Gasteiger partial charge on any atom is -0.0847 e. The molecule has 0 amide bonds. The standard InChI is InChI=1S/C18H30.4C2H6.U/c1-4-14-7-9-17-15(12-14)8-10-16-13(2)6-5-11-18(16,17)3;4*1-2;/h8,13-14,16-17H,4-7,9-12H2,1-3H3;4*1-2H3;. The molecule has 3 aliphatic carbocycles. The van der Waals surface area contributed by atoms with Crippen LogP contribution < -0.4 is 0 Å². The van der Waals surface area contributed by atoms with E-state index in [1.54, 1.807) is 0 Å². The zero-order chi connectivity index (χ0) is 20.8. The van der Waals surface area contributed by atoms with Crippen molar-refractivity contribution in [1.82, 2.24) is 0 Å². The zero-order valence-corrected chi connectivity index (χ0v) is 25.2. The van der Waals surface area contributed by atoms with E-state index in [1.807, 2.05) is 61.0 Å². The summed E-state index contributed by atoms with van der Waals surface area (Å²) in [6.45, 7) is 23.5. The van der Waals surface area contributed by atoms with Crippen LogP contribution in [0.25, 0.3) is 0 Å². The molecule has 0 N–H and O–H groups in total. The molecule has 2 fully saturated rings. The van der Waals surface area contributed by atoms with Crippen LogP contribution in [-0.4, -0.2) is 0 Å². The van der Waals surface area contributed by atoms with Crippen molar-refractivity contribution in [1.29, 1.82) is 0 Å². The van der Waals surface area contributed by atoms with Crippen molar-refractivity contribution in [3.8, 4) is 0 Å². The summed E-state index contributed by atoms with van der Waals surface area (Å²) in [6, 6.07) is 0. The third-order valence-corrected chi connectivity index (χ3v) is 6.75. The van der Waals surface area contributed by atoms with Crippen molar-refractivity contribution >= 4 is 0 Å². The molecular weight excluding hydrogens is 550 g/mol. The van der Waals surface area contributed by atoms with E-state index in [1.165, 1.54) is 51.4 Å². The molecule has 5 atom stereocenters. The van der Waals surface area contributed by atoms with Gasteiger partial charge in [0.2, 0.25) is 0 Å². The maximum atomic E-state index is 2.67. The quantitative estimate of drug-likeness (QED) is 0.262. The molecule has 0 nitrogen and oxygen atoms in total. The third-order valence-electron chi connectivity index (χ3n) is 6.75. The fourth-order valence-corrected chi connectivity index (χ4v) is 5.55. The van der Waals surface area contributed by atoms with Crippen LogP contribution in [0.1, 0.15) is 128 Å². The minimum atomic E-state index is 0. The molecule has 1 heteroatoms. The summed E-state index contributed by atoms with van der Waals surface area (Å²) in [5, 5.41) is 0. The number of allylic oxidation sites excluding steroid dienone is 2. The first kappa shape index (κ1) is 32.5. The summed E-state index contributed by atoms with van der Waals surface area (Å²) in [5.74, 6) is 3.89. The Labute approximate surface area is 198 Å². The van der Waals surface area contributed by atoms with Gasteiger partial charge in [-0.05, 0) is 61.2 Å². The van der Waals surface area contributed by atoms with Gasteiger partial charge in [0.05, 0.1) is 0 Å². The van der Waals surface area contributed by atoms with E-state index < -0.39 is 0 Å². The fraction of sp³-hybridized carbons (Fsp3) is 0.923. The predicted octanol–water partition coefficient (Wildman–Crippen LogP) is 9.69. The molecule has 0 aromatic carbocycles. The Morgan fingerprint density at radius 2 is 1.48 bits per heavy atom.